The minimum Gasteiger partial charge on any atom is -0.398 e. The van der Waals surface area contributed by atoms with Crippen molar-refractivity contribution in [2.45, 2.75) is 46.2 Å². The Morgan fingerprint density at radius 2 is 1.70 bits per heavy atom. The average Bonchev–Trinajstić information content (AvgIpc) is 2.23. The minimum absolute atomic E-state index is 0.843. The first-order chi connectivity index (χ1) is 8.99. The highest BCUT2D eigenvalue weighted by Gasteiger charge is 2.19. The Bertz CT molecular complexity index is 576. The van der Waals surface area contributed by atoms with Gasteiger partial charge in [0.25, 0.3) is 0 Å². The number of allylic oxidation sites excluding steroid dienone is 1. The lowest BCUT2D eigenvalue weighted by Gasteiger charge is -2.17. The van der Waals surface area contributed by atoms with Gasteiger partial charge in [0.1, 0.15) is 8.07 Å². The molecule has 0 heterocycles. The van der Waals surface area contributed by atoms with Crippen LogP contribution in [0, 0.1) is 18.4 Å². The summed E-state index contributed by atoms with van der Waals surface area (Å²) in [6.45, 7) is 15.9. The van der Waals surface area contributed by atoms with Crippen LogP contribution in [-0.2, 0) is 0 Å². The molecule has 2 N–H and O–H groups in total. The minimum atomic E-state index is -1.45. The molecule has 20 heavy (non-hydrogen) atoms. The molecule has 0 bridgehead atoms. The summed E-state index contributed by atoms with van der Waals surface area (Å²) >= 11 is 0. The number of nitrogens with two attached hydrogens (primary N) is 1. The van der Waals surface area contributed by atoms with Crippen LogP contribution in [0.4, 0.5) is 5.69 Å². The molecule has 1 aromatic rings. The van der Waals surface area contributed by atoms with Gasteiger partial charge in [0, 0.05) is 5.69 Å². The van der Waals surface area contributed by atoms with Gasteiger partial charge in [-0.3, -0.25) is 0 Å². The Morgan fingerprint density at radius 1 is 1.10 bits per heavy atom. The first kappa shape index (κ1) is 16.8. The monoisotopic (exact) mass is 301 g/mol. The second-order valence-electron chi connectivity index (χ2n) is 7.44. The Balaban J connectivity index is 3.30. The zero-order valence-corrected chi connectivity index (χ0v) is 15.9. The van der Waals surface area contributed by atoms with E-state index in [0.717, 1.165) is 11.3 Å². The van der Waals surface area contributed by atoms with Crippen LogP contribution in [0.1, 0.15) is 11.1 Å². The molecule has 1 aromatic carbocycles. The third-order valence-electron chi connectivity index (χ3n) is 2.92. The number of hydrogen-bond acceptors (Lipinski definition) is 1. The van der Waals surface area contributed by atoms with Crippen molar-refractivity contribution in [2.75, 3.05) is 5.73 Å². The summed E-state index contributed by atoms with van der Waals surface area (Å²) in [5.41, 5.74) is 12.8. The van der Waals surface area contributed by atoms with Crippen LogP contribution in [0.2, 0.25) is 39.3 Å². The molecule has 0 aliphatic heterocycles. The fraction of sp³-hybridized carbons (Fsp3) is 0.412. The lowest BCUT2D eigenvalue weighted by atomic mass is 10.1. The average molecular weight is 302 g/mol. The highest BCUT2D eigenvalue weighted by atomic mass is 28.3. The van der Waals surface area contributed by atoms with Crippen LogP contribution in [-0.4, -0.2) is 16.1 Å². The molecule has 0 atom stereocenters. The van der Waals surface area contributed by atoms with E-state index in [1.807, 2.05) is 6.07 Å². The third-order valence-corrected chi connectivity index (χ3v) is 5.68. The van der Waals surface area contributed by atoms with Gasteiger partial charge in [-0.2, -0.15) is 0 Å². The van der Waals surface area contributed by atoms with E-state index in [4.69, 9.17) is 5.73 Å². The maximum Gasteiger partial charge on any atom is 0.129 e. The van der Waals surface area contributed by atoms with Gasteiger partial charge in [-0.25, -0.2) is 0 Å². The normalized spacial score (nSPS) is 12.8. The summed E-state index contributed by atoms with van der Waals surface area (Å²) in [6, 6.07) is 6.23. The summed E-state index contributed by atoms with van der Waals surface area (Å²) < 4.78 is 0. The van der Waals surface area contributed by atoms with Crippen LogP contribution >= 0.6 is 0 Å². The summed E-state index contributed by atoms with van der Waals surface area (Å²) in [6.07, 6.45) is 2.20. The van der Waals surface area contributed by atoms with Crippen LogP contribution in [0.25, 0.3) is 6.08 Å². The van der Waals surface area contributed by atoms with Crippen molar-refractivity contribution in [1.29, 1.82) is 0 Å². The molecule has 0 amide bonds. The van der Waals surface area contributed by atoms with Gasteiger partial charge in [0.05, 0.1) is 8.07 Å². The van der Waals surface area contributed by atoms with E-state index in [1.54, 1.807) is 0 Å². The first-order valence-corrected chi connectivity index (χ1v) is 14.1. The van der Waals surface area contributed by atoms with E-state index in [0.29, 0.717) is 0 Å². The smallest absolute Gasteiger partial charge is 0.129 e. The van der Waals surface area contributed by atoms with Gasteiger partial charge in [-0.1, -0.05) is 57.3 Å². The van der Waals surface area contributed by atoms with E-state index in [2.05, 4.69) is 75.9 Å². The maximum atomic E-state index is 6.13. The molecule has 0 unspecified atom stereocenters. The predicted octanol–water partition coefficient (Wildman–Crippen LogP) is 4.72. The van der Waals surface area contributed by atoms with Crippen LogP contribution in [0.5, 0.6) is 0 Å². The molecule has 0 fully saturated rings. The number of benzene rings is 1. The lowest BCUT2D eigenvalue weighted by Crippen LogP contribution is -2.24. The Morgan fingerprint density at radius 3 is 2.15 bits per heavy atom. The lowest BCUT2D eigenvalue weighted by molar-refractivity contribution is 1.46. The fourth-order valence-corrected chi connectivity index (χ4v) is 3.34. The van der Waals surface area contributed by atoms with Crippen molar-refractivity contribution in [3.8, 4) is 11.5 Å². The summed E-state index contributed by atoms with van der Waals surface area (Å²) in [5.74, 6) is 3.47. The van der Waals surface area contributed by atoms with Crippen LogP contribution in [0.3, 0.4) is 0 Å². The highest BCUT2D eigenvalue weighted by molar-refractivity contribution is 6.86. The molecule has 0 spiro atoms. The van der Waals surface area contributed by atoms with Crippen molar-refractivity contribution in [3.05, 3.63) is 34.5 Å². The third kappa shape index (κ3) is 5.40. The first-order valence-electron chi connectivity index (χ1n) is 7.10. The molecule has 3 heteroatoms. The van der Waals surface area contributed by atoms with Gasteiger partial charge in [0.2, 0.25) is 0 Å². The summed E-state index contributed by atoms with van der Waals surface area (Å²) in [4.78, 5) is 0. The molecule has 1 nitrogen and oxygen atoms in total. The van der Waals surface area contributed by atoms with Crippen molar-refractivity contribution >= 4 is 27.9 Å². The highest BCUT2D eigenvalue weighted by Crippen LogP contribution is 2.22. The molecule has 1 rings (SSSR count). The van der Waals surface area contributed by atoms with E-state index < -0.39 is 16.1 Å². The quantitative estimate of drug-likeness (QED) is 0.477. The van der Waals surface area contributed by atoms with Crippen LogP contribution in [0.15, 0.2) is 23.4 Å². The van der Waals surface area contributed by atoms with Crippen molar-refractivity contribution in [3.63, 3.8) is 0 Å². The van der Waals surface area contributed by atoms with Crippen LogP contribution < -0.4 is 5.73 Å². The molecular weight excluding hydrogens is 274 g/mol. The molecule has 108 valence electrons. The van der Waals surface area contributed by atoms with Gasteiger partial charge in [-0.15, -0.1) is 5.54 Å². The van der Waals surface area contributed by atoms with E-state index >= 15 is 0 Å². The van der Waals surface area contributed by atoms with Crippen molar-refractivity contribution in [1.82, 2.24) is 0 Å². The number of anilines is 1. The summed E-state index contributed by atoms with van der Waals surface area (Å²) in [5, 5.41) is 1.29. The SMILES string of the molecule is Cc1ccc(/C=C(\C#C[Si](C)(C)C)[Si](C)(C)C)c(N)c1. The molecular formula is C17H27NSi2. The van der Waals surface area contributed by atoms with E-state index in [9.17, 15) is 0 Å². The standard InChI is InChI=1S/C17H27NSi2/c1-14-8-9-15(17(18)12-14)13-16(20(5,6)7)10-11-19(2,3)4/h8-9,12-13H,18H2,1-7H3/b16-13+. The number of hydrogen-bond donors (Lipinski definition) is 1. The zero-order valence-electron chi connectivity index (χ0n) is 13.9. The molecule has 0 aliphatic rings. The molecule has 0 saturated heterocycles. The predicted molar refractivity (Wildman–Crippen MR) is 98.0 cm³/mol. The molecule has 0 radical (unpaired) electrons. The van der Waals surface area contributed by atoms with Crippen molar-refractivity contribution in [2.24, 2.45) is 0 Å². The Labute approximate surface area is 126 Å². The Hall–Kier alpha value is -1.25. The second-order valence-corrected chi connectivity index (χ2v) is 17.2. The van der Waals surface area contributed by atoms with Gasteiger partial charge in [-0.05, 0) is 35.4 Å². The van der Waals surface area contributed by atoms with Gasteiger partial charge >= 0.3 is 0 Å². The van der Waals surface area contributed by atoms with E-state index in [1.165, 1.54) is 10.8 Å². The molecule has 0 aliphatic carbocycles. The Kier molecular flexibility index (Phi) is 5.07. The van der Waals surface area contributed by atoms with Gasteiger partial charge < -0.3 is 5.73 Å². The van der Waals surface area contributed by atoms with E-state index in [-0.39, 0.29) is 0 Å². The zero-order chi connectivity index (χ0) is 15.6. The molecule has 0 aromatic heterocycles. The molecule has 0 saturated carbocycles. The topological polar surface area (TPSA) is 26.0 Å². The largest absolute Gasteiger partial charge is 0.398 e. The number of nitrogen functional groups attached to an aromatic ring is 1. The van der Waals surface area contributed by atoms with Gasteiger partial charge in [0.15, 0.2) is 0 Å². The van der Waals surface area contributed by atoms with Crippen molar-refractivity contribution < 1.29 is 0 Å². The second kappa shape index (κ2) is 6.03. The number of rotatable bonds is 2. The number of aryl methyl sites for hydroxylation is 1. The fourth-order valence-electron chi connectivity index (χ4n) is 1.68. The summed E-state index contributed by atoms with van der Waals surface area (Å²) in [7, 11) is -2.80. The maximum absolute atomic E-state index is 6.13.